The normalized spacial score (nSPS) is 26.4. The van der Waals surface area contributed by atoms with Crippen molar-refractivity contribution >= 4 is 11.8 Å². The monoisotopic (exact) mass is 301 g/mol. The van der Waals surface area contributed by atoms with Gasteiger partial charge < -0.3 is 0 Å². The second kappa shape index (κ2) is 6.44. The molecule has 0 N–H and O–H groups in total. The lowest BCUT2D eigenvalue weighted by Crippen LogP contribution is -2.33. The van der Waals surface area contributed by atoms with Crippen molar-refractivity contribution in [1.82, 2.24) is 0 Å². The number of hydrogen-bond donors (Lipinski definition) is 0. The highest BCUT2D eigenvalue weighted by molar-refractivity contribution is 8.00. The van der Waals surface area contributed by atoms with Gasteiger partial charge in [-0.1, -0.05) is 38.5 Å². The Morgan fingerprint density at radius 2 is 1.90 bits per heavy atom. The van der Waals surface area contributed by atoms with Gasteiger partial charge in [-0.05, 0) is 56.1 Å². The Morgan fingerprint density at radius 1 is 1.19 bits per heavy atom. The Bertz CT molecular complexity index is 535. The molecule has 1 aromatic carbocycles. The van der Waals surface area contributed by atoms with E-state index in [9.17, 15) is 5.26 Å². The Labute approximate surface area is 134 Å². The summed E-state index contributed by atoms with van der Waals surface area (Å²) >= 11 is 1.93. The van der Waals surface area contributed by atoms with Crippen LogP contribution in [0.3, 0.4) is 0 Å². The van der Waals surface area contributed by atoms with Gasteiger partial charge in [0.2, 0.25) is 0 Å². The highest BCUT2D eigenvalue weighted by Crippen LogP contribution is 2.46. The average Bonchev–Trinajstić information content (AvgIpc) is 2.41. The summed E-state index contributed by atoms with van der Waals surface area (Å²) in [6.07, 6.45) is 3.42. The van der Waals surface area contributed by atoms with Crippen molar-refractivity contribution in [2.45, 2.75) is 64.0 Å². The molecule has 1 fully saturated rings. The van der Waals surface area contributed by atoms with Gasteiger partial charge >= 0.3 is 0 Å². The van der Waals surface area contributed by atoms with Gasteiger partial charge in [0.25, 0.3) is 0 Å². The third-order valence-corrected chi connectivity index (χ3v) is 6.33. The third-order valence-electron chi connectivity index (χ3n) is 4.79. The molecule has 0 radical (unpaired) electrons. The van der Waals surface area contributed by atoms with Gasteiger partial charge in [-0.15, -0.1) is 11.8 Å². The van der Waals surface area contributed by atoms with Gasteiger partial charge in [0, 0.05) is 10.1 Å². The van der Waals surface area contributed by atoms with Crippen LogP contribution < -0.4 is 0 Å². The van der Waals surface area contributed by atoms with Crippen LogP contribution in [0.25, 0.3) is 0 Å². The molecule has 0 amide bonds. The van der Waals surface area contributed by atoms with Gasteiger partial charge in [-0.3, -0.25) is 0 Å². The van der Waals surface area contributed by atoms with Crippen LogP contribution >= 0.6 is 11.8 Å². The minimum absolute atomic E-state index is 0.203. The van der Waals surface area contributed by atoms with Crippen molar-refractivity contribution in [3.63, 3.8) is 0 Å². The van der Waals surface area contributed by atoms with E-state index < -0.39 is 0 Å². The van der Waals surface area contributed by atoms with Gasteiger partial charge in [-0.25, -0.2) is 0 Å². The van der Waals surface area contributed by atoms with Crippen LogP contribution in [0.5, 0.6) is 0 Å². The molecule has 0 bridgehead atoms. The third kappa shape index (κ3) is 4.04. The lowest BCUT2D eigenvalue weighted by Gasteiger charge is -2.39. The quantitative estimate of drug-likeness (QED) is 0.694. The van der Waals surface area contributed by atoms with Crippen molar-refractivity contribution in [3.8, 4) is 6.07 Å². The van der Waals surface area contributed by atoms with Crippen LogP contribution in [0.2, 0.25) is 0 Å². The number of nitriles is 1. The van der Waals surface area contributed by atoms with E-state index in [1.165, 1.54) is 28.9 Å². The molecule has 2 rings (SSSR count). The first-order valence-corrected chi connectivity index (χ1v) is 8.82. The molecule has 3 unspecified atom stereocenters. The number of thioether (sulfide) groups is 1. The largest absolute Gasteiger partial charge is 0.198 e. The first-order valence-electron chi connectivity index (χ1n) is 7.95. The number of nitrogens with zero attached hydrogens (tertiary/aromatic N) is 1. The van der Waals surface area contributed by atoms with Gasteiger partial charge in [0.1, 0.15) is 0 Å². The van der Waals surface area contributed by atoms with E-state index >= 15 is 0 Å². The number of hydrogen-bond acceptors (Lipinski definition) is 2. The summed E-state index contributed by atoms with van der Waals surface area (Å²) in [7, 11) is 0. The Kier molecular flexibility index (Phi) is 5.04. The van der Waals surface area contributed by atoms with E-state index in [2.05, 4.69) is 58.9 Å². The molecule has 0 saturated heterocycles. The van der Waals surface area contributed by atoms with Crippen molar-refractivity contribution in [2.24, 2.45) is 17.3 Å². The average molecular weight is 301 g/mol. The molecule has 114 valence electrons. The summed E-state index contributed by atoms with van der Waals surface area (Å²) in [6.45, 7) is 11.3. The van der Waals surface area contributed by atoms with E-state index in [1.807, 2.05) is 11.8 Å². The molecule has 2 heteroatoms. The lowest BCUT2D eigenvalue weighted by atomic mass is 9.70. The molecular formula is C19H27NS. The van der Waals surface area contributed by atoms with E-state index in [0.717, 1.165) is 12.3 Å². The molecule has 1 aliphatic rings. The van der Waals surface area contributed by atoms with Crippen LogP contribution in [0.1, 0.15) is 51.2 Å². The van der Waals surface area contributed by atoms with E-state index in [4.69, 9.17) is 0 Å². The first-order chi connectivity index (χ1) is 9.81. The zero-order chi connectivity index (χ0) is 15.6. The summed E-state index contributed by atoms with van der Waals surface area (Å²) in [4.78, 5) is 1.35. The summed E-state index contributed by atoms with van der Waals surface area (Å²) in [6, 6.07) is 9.21. The molecule has 0 aliphatic heterocycles. The van der Waals surface area contributed by atoms with E-state index in [-0.39, 0.29) is 5.92 Å². The fourth-order valence-electron chi connectivity index (χ4n) is 3.29. The minimum atomic E-state index is 0.203. The Hall–Kier alpha value is -0.940. The van der Waals surface area contributed by atoms with Gasteiger partial charge in [0.15, 0.2) is 0 Å². The predicted octanol–water partition coefficient (Wildman–Crippen LogP) is 5.75. The second-order valence-electron chi connectivity index (χ2n) is 7.54. The first kappa shape index (κ1) is 16.4. The maximum Gasteiger partial charge on any atom is 0.0667 e. The molecule has 0 heterocycles. The van der Waals surface area contributed by atoms with Crippen LogP contribution in [0, 0.1) is 42.4 Å². The number of rotatable bonds is 2. The maximum atomic E-state index is 9.48. The van der Waals surface area contributed by atoms with Gasteiger partial charge in [0.05, 0.1) is 12.0 Å². The maximum absolute atomic E-state index is 9.48. The van der Waals surface area contributed by atoms with E-state index in [1.54, 1.807) is 0 Å². The fraction of sp³-hybridized carbons (Fsp3) is 0.632. The topological polar surface area (TPSA) is 23.8 Å². The van der Waals surface area contributed by atoms with Crippen molar-refractivity contribution in [3.05, 3.63) is 29.3 Å². The van der Waals surface area contributed by atoms with E-state index in [0.29, 0.717) is 10.7 Å². The van der Waals surface area contributed by atoms with Crippen molar-refractivity contribution in [2.75, 3.05) is 0 Å². The summed E-state index contributed by atoms with van der Waals surface area (Å²) < 4.78 is 0. The van der Waals surface area contributed by atoms with Gasteiger partial charge in [-0.2, -0.15) is 5.26 Å². The zero-order valence-corrected chi connectivity index (χ0v) is 14.8. The highest BCUT2D eigenvalue weighted by atomic mass is 32.2. The molecule has 3 atom stereocenters. The molecule has 0 spiro atoms. The molecule has 21 heavy (non-hydrogen) atoms. The Morgan fingerprint density at radius 3 is 2.48 bits per heavy atom. The molecule has 1 aliphatic carbocycles. The molecule has 1 aromatic rings. The molecule has 0 aromatic heterocycles. The molecule has 1 nitrogen and oxygen atoms in total. The zero-order valence-electron chi connectivity index (χ0n) is 13.9. The lowest BCUT2D eigenvalue weighted by molar-refractivity contribution is 0.169. The van der Waals surface area contributed by atoms with Crippen LogP contribution in [-0.4, -0.2) is 5.25 Å². The Balaban J connectivity index is 2.16. The number of aryl methyl sites for hydroxylation is 2. The standard InChI is InChI=1S/C19H27NS/c1-13-6-9-17(14(2)10-13)21-18-11-16(19(3,4)5)8-7-15(18)12-20/h6,9-10,15-16,18H,7-8,11H2,1-5H3. The van der Waals surface area contributed by atoms with Crippen molar-refractivity contribution < 1.29 is 0 Å². The van der Waals surface area contributed by atoms with Crippen molar-refractivity contribution in [1.29, 1.82) is 5.26 Å². The summed E-state index contributed by atoms with van der Waals surface area (Å²) in [5, 5.41) is 9.92. The molecule has 1 saturated carbocycles. The van der Waals surface area contributed by atoms with Crippen LogP contribution in [-0.2, 0) is 0 Å². The number of benzene rings is 1. The molecular weight excluding hydrogens is 274 g/mol. The highest BCUT2D eigenvalue weighted by Gasteiger charge is 2.36. The second-order valence-corrected chi connectivity index (χ2v) is 8.82. The summed E-state index contributed by atoms with van der Waals surface area (Å²) in [5.41, 5.74) is 3.00. The predicted molar refractivity (Wildman–Crippen MR) is 91.5 cm³/mol. The van der Waals surface area contributed by atoms with Crippen LogP contribution in [0.15, 0.2) is 23.1 Å². The SMILES string of the molecule is Cc1ccc(SC2CC(C(C)(C)C)CCC2C#N)c(C)c1. The summed E-state index contributed by atoms with van der Waals surface area (Å²) in [5.74, 6) is 0.930. The fourth-order valence-corrected chi connectivity index (χ4v) is 4.70. The smallest absolute Gasteiger partial charge is 0.0667 e. The minimum Gasteiger partial charge on any atom is -0.198 e. The van der Waals surface area contributed by atoms with Crippen LogP contribution in [0.4, 0.5) is 0 Å².